The second kappa shape index (κ2) is 7.98. The number of aromatic amines is 1. The maximum atomic E-state index is 12.3. The van der Waals surface area contributed by atoms with Crippen molar-refractivity contribution in [3.63, 3.8) is 0 Å². The second-order valence-electron chi connectivity index (χ2n) is 5.98. The number of urea groups is 1. The van der Waals surface area contributed by atoms with Crippen molar-refractivity contribution in [1.82, 2.24) is 25.4 Å². The highest BCUT2D eigenvalue weighted by Crippen LogP contribution is 2.19. The van der Waals surface area contributed by atoms with Crippen LogP contribution < -0.4 is 10.1 Å². The number of morpholine rings is 1. The van der Waals surface area contributed by atoms with E-state index in [1.807, 2.05) is 38.1 Å². The first-order valence-corrected chi connectivity index (χ1v) is 8.34. The Hall–Kier alpha value is -2.61. The molecule has 0 aliphatic carbocycles. The van der Waals surface area contributed by atoms with Crippen LogP contribution in [0.3, 0.4) is 0 Å². The molecule has 2 N–H and O–H groups in total. The van der Waals surface area contributed by atoms with Crippen LogP contribution in [-0.4, -0.2) is 59.0 Å². The molecule has 2 heterocycles. The molecule has 1 aromatic heterocycles. The number of ether oxygens (including phenoxy) is 2. The minimum absolute atomic E-state index is 0.131. The molecule has 2 amide bonds. The second-order valence-corrected chi connectivity index (χ2v) is 5.98. The van der Waals surface area contributed by atoms with Crippen LogP contribution in [0.1, 0.15) is 23.3 Å². The first-order chi connectivity index (χ1) is 12.1. The van der Waals surface area contributed by atoms with Crippen molar-refractivity contribution in [2.45, 2.75) is 20.0 Å². The van der Waals surface area contributed by atoms with E-state index in [0.717, 1.165) is 17.1 Å². The van der Waals surface area contributed by atoms with Crippen molar-refractivity contribution < 1.29 is 14.3 Å². The van der Waals surface area contributed by atoms with Gasteiger partial charge in [0.1, 0.15) is 24.3 Å². The number of amides is 2. The van der Waals surface area contributed by atoms with E-state index in [1.165, 1.54) is 0 Å². The van der Waals surface area contributed by atoms with Gasteiger partial charge in [-0.05, 0) is 31.5 Å². The van der Waals surface area contributed by atoms with Gasteiger partial charge in [0.05, 0.1) is 19.7 Å². The van der Waals surface area contributed by atoms with E-state index in [4.69, 9.17) is 9.47 Å². The van der Waals surface area contributed by atoms with Gasteiger partial charge in [0.15, 0.2) is 5.82 Å². The summed E-state index contributed by atoms with van der Waals surface area (Å²) in [5.41, 5.74) is 1.14. The minimum atomic E-state index is -0.298. The van der Waals surface area contributed by atoms with Crippen molar-refractivity contribution in [2.24, 2.45) is 0 Å². The maximum Gasteiger partial charge on any atom is 0.317 e. The Morgan fingerprint density at radius 1 is 1.48 bits per heavy atom. The van der Waals surface area contributed by atoms with Crippen LogP contribution in [0, 0.1) is 13.8 Å². The fourth-order valence-corrected chi connectivity index (χ4v) is 2.64. The highest BCUT2D eigenvalue weighted by molar-refractivity contribution is 5.74. The fourth-order valence-electron chi connectivity index (χ4n) is 2.64. The zero-order valence-corrected chi connectivity index (χ0v) is 14.5. The number of aromatic nitrogens is 3. The van der Waals surface area contributed by atoms with Crippen LogP contribution in [0.4, 0.5) is 4.79 Å². The van der Waals surface area contributed by atoms with Gasteiger partial charge in [-0.1, -0.05) is 12.1 Å². The monoisotopic (exact) mass is 345 g/mol. The summed E-state index contributed by atoms with van der Waals surface area (Å²) < 4.78 is 11.3. The van der Waals surface area contributed by atoms with E-state index in [9.17, 15) is 4.79 Å². The lowest BCUT2D eigenvalue weighted by molar-refractivity contribution is -0.0198. The number of carbonyl (C=O) groups excluding carboxylic acids is 1. The number of nitrogens with one attached hydrogen (secondary N) is 2. The van der Waals surface area contributed by atoms with Gasteiger partial charge in [0.2, 0.25) is 0 Å². The van der Waals surface area contributed by atoms with Crippen molar-refractivity contribution in [1.29, 1.82) is 0 Å². The van der Waals surface area contributed by atoms with E-state index in [-0.39, 0.29) is 12.1 Å². The van der Waals surface area contributed by atoms with E-state index >= 15 is 0 Å². The van der Waals surface area contributed by atoms with Crippen molar-refractivity contribution in [2.75, 3.05) is 32.8 Å². The number of hydrogen-bond donors (Lipinski definition) is 2. The molecular formula is C17H23N5O3. The number of H-pyrrole nitrogens is 1. The van der Waals surface area contributed by atoms with Crippen LogP contribution in [0.25, 0.3) is 0 Å². The number of benzene rings is 1. The molecule has 0 spiro atoms. The standard InChI is InChI=1S/C17H23N5O3/c1-12-4-3-5-14(10-12)24-8-6-18-17(23)22-7-9-25-15(11-22)16-19-13(2)20-21-16/h3-5,10,15H,6-9,11H2,1-2H3,(H,18,23)(H,19,20,21). The molecule has 8 heteroatoms. The molecule has 25 heavy (non-hydrogen) atoms. The Morgan fingerprint density at radius 2 is 2.36 bits per heavy atom. The SMILES string of the molecule is Cc1cccc(OCCNC(=O)N2CCOC(c3n[nH]c(C)n3)C2)c1. The number of nitrogens with zero attached hydrogens (tertiary/aromatic N) is 3. The van der Waals surface area contributed by atoms with Crippen LogP contribution in [0.2, 0.25) is 0 Å². The molecule has 1 fully saturated rings. The largest absolute Gasteiger partial charge is 0.492 e. The van der Waals surface area contributed by atoms with Gasteiger partial charge in [-0.2, -0.15) is 5.10 Å². The molecule has 3 rings (SSSR count). The van der Waals surface area contributed by atoms with Crippen molar-refractivity contribution in [3.8, 4) is 5.75 Å². The Bertz CT molecular complexity index is 718. The van der Waals surface area contributed by atoms with Gasteiger partial charge < -0.3 is 19.7 Å². The Morgan fingerprint density at radius 3 is 3.12 bits per heavy atom. The summed E-state index contributed by atoms with van der Waals surface area (Å²) in [5.74, 6) is 2.12. The molecule has 0 radical (unpaired) electrons. The summed E-state index contributed by atoms with van der Waals surface area (Å²) in [6.45, 7) is 6.15. The molecular weight excluding hydrogens is 322 g/mol. The van der Waals surface area contributed by atoms with Crippen molar-refractivity contribution in [3.05, 3.63) is 41.5 Å². The third-order valence-corrected chi connectivity index (χ3v) is 3.89. The Labute approximate surface area is 146 Å². The molecule has 134 valence electrons. The number of hydrogen-bond acceptors (Lipinski definition) is 5. The highest BCUT2D eigenvalue weighted by Gasteiger charge is 2.27. The molecule has 1 atom stereocenters. The maximum absolute atomic E-state index is 12.3. The van der Waals surface area contributed by atoms with Crippen LogP contribution in [0.5, 0.6) is 5.75 Å². The quantitative estimate of drug-likeness (QED) is 0.803. The smallest absolute Gasteiger partial charge is 0.317 e. The molecule has 1 saturated heterocycles. The number of rotatable bonds is 5. The topological polar surface area (TPSA) is 92.4 Å². The fraction of sp³-hybridized carbons (Fsp3) is 0.471. The average molecular weight is 345 g/mol. The predicted molar refractivity (Wildman–Crippen MR) is 91.5 cm³/mol. The summed E-state index contributed by atoms with van der Waals surface area (Å²) in [5, 5.41) is 9.78. The third kappa shape index (κ3) is 4.69. The summed E-state index contributed by atoms with van der Waals surface area (Å²) in [6.07, 6.45) is -0.298. The molecule has 1 unspecified atom stereocenters. The number of aryl methyl sites for hydroxylation is 2. The van der Waals surface area contributed by atoms with Crippen LogP contribution in [-0.2, 0) is 4.74 Å². The molecule has 8 nitrogen and oxygen atoms in total. The summed E-state index contributed by atoms with van der Waals surface area (Å²) in [6, 6.07) is 7.70. The first-order valence-electron chi connectivity index (χ1n) is 8.34. The van der Waals surface area contributed by atoms with Gasteiger partial charge >= 0.3 is 6.03 Å². The van der Waals surface area contributed by atoms with Gasteiger partial charge in [0, 0.05) is 6.54 Å². The molecule has 1 aliphatic rings. The molecule has 2 aromatic rings. The third-order valence-electron chi connectivity index (χ3n) is 3.89. The van der Waals surface area contributed by atoms with Gasteiger partial charge in [0.25, 0.3) is 0 Å². The summed E-state index contributed by atoms with van der Waals surface area (Å²) in [4.78, 5) is 18.3. The van der Waals surface area contributed by atoms with E-state index < -0.39 is 0 Å². The molecule has 0 bridgehead atoms. The van der Waals surface area contributed by atoms with Gasteiger partial charge in [-0.3, -0.25) is 5.10 Å². The molecule has 1 aromatic carbocycles. The van der Waals surface area contributed by atoms with Gasteiger partial charge in [-0.25, -0.2) is 9.78 Å². The highest BCUT2D eigenvalue weighted by atomic mass is 16.5. The minimum Gasteiger partial charge on any atom is -0.492 e. The lowest BCUT2D eigenvalue weighted by atomic mass is 10.2. The van der Waals surface area contributed by atoms with Crippen LogP contribution in [0.15, 0.2) is 24.3 Å². The summed E-state index contributed by atoms with van der Waals surface area (Å²) >= 11 is 0. The zero-order chi connectivity index (χ0) is 17.6. The predicted octanol–water partition coefficient (Wildman–Crippen LogP) is 1.58. The molecule has 0 saturated carbocycles. The lowest BCUT2D eigenvalue weighted by Gasteiger charge is -2.31. The zero-order valence-electron chi connectivity index (χ0n) is 14.5. The van der Waals surface area contributed by atoms with Crippen molar-refractivity contribution >= 4 is 6.03 Å². The Balaban J connectivity index is 1.43. The Kier molecular flexibility index (Phi) is 5.49. The van der Waals surface area contributed by atoms with Gasteiger partial charge in [-0.15, -0.1) is 0 Å². The van der Waals surface area contributed by atoms with E-state index in [2.05, 4.69) is 20.5 Å². The first kappa shape index (κ1) is 17.2. The summed E-state index contributed by atoms with van der Waals surface area (Å²) in [7, 11) is 0. The van der Waals surface area contributed by atoms with E-state index in [1.54, 1.807) is 4.90 Å². The van der Waals surface area contributed by atoms with E-state index in [0.29, 0.717) is 38.7 Å². The van der Waals surface area contributed by atoms with Crippen LogP contribution >= 0.6 is 0 Å². The normalized spacial score (nSPS) is 17.4. The number of carbonyl (C=O) groups is 1. The lowest BCUT2D eigenvalue weighted by Crippen LogP contribution is -2.48. The average Bonchev–Trinajstić information content (AvgIpc) is 3.05. The molecule has 1 aliphatic heterocycles.